The minimum Gasteiger partial charge on any atom is -0.496 e. The molecule has 0 saturated carbocycles. The van der Waals surface area contributed by atoms with E-state index in [4.69, 9.17) is 4.74 Å². The van der Waals surface area contributed by atoms with Gasteiger partial charge in [0.2, 0.25) is 0 Å². The maximum atomic E-state index is 10.6. The fourth-order valence-electron chi connectivity index (χ4n) is 5.28. The van der Waals surface area contributed by atoms with Gasteiger partial charge in [0.15, 0.2) is 0 Å². The van der Waals surface area contributed by atoms with Crippen molar-refractivity contribution in [2.45, 2.75) is 45.6 Å². The predicted molar refractivity (Wildman–Crippen MR) is 202 cm³/mol. The Balaban J connectivity index is 0.000000292. The van der Waals surface area contributed by atoms with Gasteiger partial charge in [0.25, 0.3) is 0 Å². The van der Waals surface area contributed by atoms with E-state index in [0.29, 0.717) is 18.4 Å². The van der Waals surface area contributed by atoms with Crippen molar-refractivity contribution in [3.63, 3.8) is 0 Å². The second-order valence-electron chi connectivity index (χ2n) is 11.9. The Kier molecular flexibility index (Phi) is 17.1. The molecule has 6 rings (SSSR count). The number of methoxy groups -OCH3 is 1. The van der Waals surface area contributed by atoms with Gasteiger partial charge < -0.3 is 20.4 Å². The molecule has 5 aromatic rings. The minimum atomic E-state index is 0. The van der Waals surface area contributed by atoms with Crippen LogP contribution < -0.4 is 15.0 Å². The molecule has 1 fully saturated rings. The summed E-state index contributed by atoms with van der Waals surface area (Å²) in [5.41, 5.74) is 8.05. The van der Waals surface area contributed by atoms with E-state index in [1.807, 2.05) is 120 Å². The van der Waals surface area contributed by atoms with Crippen molar-refractivity contribution in [2.24, 2.45) is 0 Å². The van der Waals surface area contributed by atoms with E-state index in [-0.39, 0.29) is 33.7 Å². The van der Waals surface area contributed by atoms with Gasteiger partial charge in [-0.2, -0.15) is 73.9 Å². The number of guanidine groups is 1. The number of nitrogens with zero attached hydrogens (tertiary/aromatic N) is 2. The van der Waals surface area contributed by atoms with E-state index in [1.165, 1.54) is 16.7 Å². The van der Waals surface area contributed by atoms with Gasteiger partial charge in [-0.05, 0) is 47.2 Å². The number of hydrogen-bond acceptors (Lipinski definition) is 1. The zero-order valence-electron chi connectivity index (χ0n) is 29.1. The summed E-state index contributed by atoms with van der Waals surface area (Å²) in [4.78, 5) is 1.96. The van der Waals surface area contributed by atoms with Crippen molar-refractivity contribution in [3.8, 4) is 5.75 Å². The van der Waals surface area contributed by atoms with E-state index in [1.54, 1.807) is 7.11 Å². The Hall–Kier alpha value is -4.51. The van der Waals surface area contributed by atoms with Gasteiger partial charge in [-0.25, -0.2) is 0 Å². The number of rotatable bonds is 5. The average Bonchev–Trinajstić information content (AvgIpc) is 3.46. The average molecular weight is 672 g/mol. The first kappa shape index (κ1) is 39.7. The minimum absolute atomic E-state index is 0. The molecule has 1 unspecified atom stereocenters. The Bertz CT molecular complexity index is 1510. The van der Waals surface area contributed by atoms with Gasteiger partial charge in [-0.15, -0.1) is 36.4 Å². The number of ether oxygens (including phenoxy) is 1. The number of para-hydroxylation sites is 2. The Morgan fingerprint density at radius 2 is 1.02 bits per heavy atom. The zero-order valence-corrected chi connectivity index (χ0v) is 30.6. The molecular formula is C43H49N3OTi. The maximum absolute atomic E-state index is 10.6. The van der Waals surface area contributed by atoms with Crippen LogP contribution in [0, 0.1) is 20.8 Å². The molecule has 1 atom stereocenters. The van der Waals surface area contributed by atoms with Crippen LogP contribution in [-0.4, -0.2) is 19.6 Å². The van der Waals surface area contributed by atoms with Crippen LogP contribution in [0.2, 0.25) is 0 Å². The first-order valence-corrected chi connectivity index (χ1v) is 16.1. The summed E-state index contributed by atoms with van der Waals surface area (Å²) in [6.45, 7) is 20.7. The van der Waals surface area contributed by atoms with Crippen LogP contribution in [0.25, 0.3) is 5.41 Å². The molecule has 1 N–H and O–H groups in total. The molecule has 1 saturated heterocycles. The fraction of sp³-hybridized carbons (Fsp3) is 0.209. The molecule has 1 aliphatic rings. The molecule has 0 amide bonds. The number of benzene rings is 5. The van der Waals surface area contributed by atoms with Gasteiger partial charge in [0.05, 0.1) is 7.11 Å². The van der Waals surface area contributed by atoms with Crippen LogP contribution in [0.5, 0.6) is 5.75 Å². The van der Waals surface area contributed by atoms with E-state index < -0.39 is 0 Å². The zero-order chi connectivity index (χ0) is 34.2. The second kappa shape index (κ2) is 20.7. The maximum Gasteiger partial charge on any atom is 4.00 e. The number of nitrogens with one attached hydrogen (secondary N) is 1. The van der Waals surface area contributed by atoms with Crippen molar-refractivity contribution in [1.82, 2.24) is 5.32 Å². The number of hydrogen-bond donors (Lipinski definition) is 1. The molecule has 48 heavy (non-hydrogen) atoms. The molecule has 0 aliphatic carbocycles. The predicted octanol–water partition coefficient (Wildman–Crippen LogP) is 10.6. The van der Waals surface area contributed by atoms with Crippen LogP contribution in [0.1, 0.15) is 79.0 Å². The SMILES string of the molecule is COc1ccccc1N1C(=[N-])NCC1c1c(C(C)C)cccc1C(C)C.[CH2-]c1ccccc1.[CH2-]c1ccccc1.[CH2-]c1ccccc1.[Ti+4]. The molecule has 0 spiro atoms. The van der Waals surface area contributed by atoms with Crippen molar-refractivity contribution in [2.75, 3.05) is 18.6 Å². The third-order valence-corrected chi connectivity index (χ3v) is 7.62. The molecule has 5 heteroatoms. The second-order valence-corrected chi connectivity index (χ2v) is 11.9. The van der Waals surface area contributed by atoms with Crippen LogP contribution in [0.3, 0.4) is 0 Å². The smallest absolute Gasteiger partial charge is 0.496 e. The van der Waals surface area contributed by atoms with E-state index in [2.05, 4.69) is 72.0 Å². The van der Waals surface area contributed by atoms with Gasteiger partial charge in [-0.1, -0.05) is 76.2 Å². The van der Waals surface area contributed by atoms with E-state index in [0.717, 1.165) is 28.1 Å². The molecular weight excluding hydrogens is 622 g/mol. The van der Waals surface area contributed by atoms with Crippen molar-refractivity contribution < 1.29 is 26.5 Å². The van der Waals surface area contributed by atoms with Gasteiger partial charge in [-0.3, -0.25) is 0 Å². The number of anilines is 1. The third-order valence-electron chi connectivity index (χ3n) is 7.62. The summed E-state index contributed by atoms with van der Waals surface area (Å²) < 4.78 is 5.55. The van der Waals surface area contributed by atoms with Crippen LogP contribution in [-0.2, 0) is 21.7 Å². The summed E-state index contributed by atoms with van der Waals surface area (Å²) in [6.07, 6.45) is 0. The molecule has 1 aliphatic heterocycles. The summed E-state index contributed by atoms with van der Waals surface area (Å²) in [7, 11) is 1.66. The molecule has 5 aromatic carbocycles. The molecule has 0 radical (unpaired) electrons. The first-order valence-electron chi connectivity index (χ1n) is 16.1. The molecule has 0 aromatic heterocycles. The van der Waals surface area contributed by atoms with Gasteiger partial charge in [0.1, 0.15) is 5.75 Å². The monoisotopic (exact) mass is 671 g/mol. The van der Waals surface area contributed by atoms with Gasteiger partial charge >= 0.3 is 21.7 Å². The fourth-order valence-corrected chi connectivity index (χ4v) is 5.28. The van der Waals surface area contributed by atoms with Gasteiger partial charge in [0, 0.05) is 17.7 Å². The normalized spacial score (nSPS) is 13.0. The van der Waals surface area contributed by atoms with Crippen molar-refractivity contribution in [3.05, 3.63) is 193 Å². The summed E-state index contributed by atoms with van der Waals surface area (Å²) in [5.74, 6) is 1.74. The summed E-state index contributed by atoms with van der Waals surface area (Å²) in [5, 5.41) is 13.8. The largest absolute Gasteiger partial charge is 4.00 e. The Labute approximate surface area is 305 Å². The van der Waals surface area contributed by atoms with E-state index >= 15 is 0 Å². The third kappa shape index (κ3) is 11.9. The quantitative estimate of drug-likeness (QED) is 0.149. The van der Waals surface area contributed by atoms with Crippen molar-refractivity contribution in [1.29, 1.82) is 0 Å². The van der Waals surface area contributed by atoms with Crippen LogP contribution in [0.4, 0.5) is 5.69 Å². The molecule has 1 heterocycles. The summed E-state index contributed by atoms with van der Waals surface area (Å²) in [6, 6.07) is 44.0. The summed E-state index contributed by atoms with van der Waals surface area (Å²) >= 11 is 0. The molecule has 4 nitrogen and oxygen atoms in total. The molecule has 0 bridgehead atoms. The first-order chi connectivity index (χ1) is 22.6. The standard InChI is InChI=1S/C22H28N3O.3C7H7.Ti/c1-14(2)16-9-8-10-17(15(3)4)21(16)19-13-24-22(23)25(19)18-11-6-7-12-20(18)26-5;3*1-7-5-3-2-4-6-7;/h6-12,14-15,19H,13H2,1-5H3,(H-,23,24);3*2-6H,1H2;/q4*-1;+4. The van der Waals surface area contributed by atoms with Crippen LogP contribution in [0.15, 0.2) is 133 Å². The topological polar surface area (TPSA) is 46.8 Å². The van der Waals surface area contributed by atoms with E-state index in [9.17, 15) is 5.41 Å². The Morgan fingerprint density at radius 3 is 1.38 bits per heavy atom. The van der Waals surface area contributed by atoms with Crippen molar-refractivity contribution >= 4 is 11.6 Å². The van der Waals surface area contributed by atoms with Crippen LogP contribution >= 0.6 is 0 Å². The Morgan fingerprint density at radius 1 is 0.625 bits per heavy atom. The molecule has 246 valence electrons.